The zero-order valence-corrected chi connectivity index (χ0v) is 18.1. The van der Waals surface area contributed by atoms with Crippen LogP contribution in [0.5, 0.6) is 0 Å². The van der Waals surface area contributed by atoms with Crippen molar-refractivity contribution in [1.29, 1.82) is 0 Å². The fourth-order valence-corrected chi connectivity index (χ4v) is 5.18. The van der Waals surface area contributed by atoms with Crippen LogP contribution in [0.4, 0.5) is 11.8 Å². The molecular formula is C25H21ClN4O2. The van der Waals surface area contributed by atoms with E-state index in [-0.39, 0.29) is 11.3 Å². The number of nitrogens with one attached hydrogen (secondary N) is 2. The van der Waals surface area contributed by atoms with Gasteiger partial charge in [0, 0.05) is 40.7 Å². The summed E-state index contributed by atoms with van der Waals surface area (Å²) in [6.07, 6.45) is 3.36. The van der Waals surface area contributed by atoms with Crippen molar-refractivity contribution < 1.29 is 4.79 Å². The largest absolute Gasteiger partial charge is 0.342 e. The smallest absolute Gasteiger partial charge is 0.258 e. The number of Topliss-reactive ketones (excluding diaryl/α,β-unsaturated/α-hetero) is 1. The van der Waals surface area contributed by atoms with Gasteiger partial charge < -0.3 is 10.2 Å². The fourth-order valence-electron chi connectivity index (χ4n) is 5.05. The van der Waals surface area contributed by atoms with Gasteiger partial charge in [0.1, 0.15) is 5.82 Å². The number of hydrogen-bond donors (Lipinski definition) is 2. The van der Waals surface area contributed by atoms with E-state index in [9.17, 15) is 9.59 Å². The van der Waals surface area contributed by atoms with Crippen LogP contribution in [0.3, 0.4) is 0 Å². The number of carbonyl (C=O) groups excluding carboxylic acids is 1. The van der Waals surface area contributed by atoms with Crippen molar-refractivity contribution in [2.24, 2.45) is 0 Å². The predicted octanol–water partition coefficient (Wildman–Crippen LogP) is 4.58. The molecule has 6 nitrogen and oxygen atoms in total. The first-order chi connectivity index (χ1) is 15.6. The van der Waals surface area contributed by atoms with Crippen LogP contribution in [0.25, 0.3) is 5.70 Å². The Labute approximate surface area is 189 Å². The predicted molar refractivity (Wildman–Crippen MR) is 126 cm³/mol. The van der Waals surface area contributed by atoms with Crippen molar-refractivity contribution in [3.63, 3.8) is 0 Å². The molecule has 2 aromatic carbocycles. The molecule has 1 aliphatic carbocycles. The van der Waals surface area contributed by atoms with Crippen LogP contribution in [-0.2, 0) is 0 Å². The summed E-state index contributed by atoms with van der Waals surface area (Å²) in [4.78, 5) is 36.8. The SMILES string of the molecule is O=C1C2=C(Nc3nc(N4CCCCC4)[nH]c(=O)c3[C@H]2c2ccc(Cl)cc2)c2ccccc21. The van der Waals surface area contributed by atoms with Gasteiger partial charge in [0.2, 0.25) is 5.95 Å². The van der Waals surface area contributed by atoms with E-state index < -0.39 is 5.92 Å². The molecule has 3 aliphatic rings. The van der Waals surface area contributed by atoms with Crippen LogP contribution in [0.2, 0.25) is 5.02 Å². The molecule has 0 saturated carbocycles. The first kappa shape index (κ1) is 19.3. The Morgan fingerprint density at radius 2 is 1.66 bits per heavy atom. The zero-order valence-electron chi connectivity index (χ0n) is 17.3. The van der Waals surface area contributed by atoms with Gasteiger partial charge in [0.05, 0.1) is 11.3 Å². The van der Waals surface area contributed by atoms with Crippen molar-refractivity contribution >= 4 is 34.8 Å². The molecule has 0 unspecified atom stereocenters. The molecule has 3 aromatic rings. The Balaban J connectivity index is 1.56. The van der Waals surface area contributed by atoms with Crippen LogP contribution in [0.15, 0.2) is 58.9 Å². The Morgan fingerprint density at radius 3 is 2.41 bits per heavy atom. The molecule has 3 heterocycles. The number of rotatable bonds is 2. The topological polar surface area (TPSA) is 78.1 Å². The molecule has 160 valence electrons. The average Bonchev–Trinajstić information content (AvgIpc) is 3.11. The molecule has 0 amide bonds. The maximum Gasteiger partial charge on any atom is 0.258 e. The van der Waals surface area contributed by atoms with E-state index in [2.05, 4.69) is 15.2 Å². The number of fused-ring (bicyclic) bond motifs is 3. The molecule has 0 bridgehead atoms. The zero-order chi connectivity index (χ0) is 21.8. The lowest BCUT2D eigenvalue weighted by molar-refractivity contribution is 0.103. The Bertz CT molecular complexity index is 1340. The van der Waals surface area contributed by atoms with Crippen LogP contribution < -0.4 is 15.8 Å². The van der Waals surface area contributed by atoms with Gasteiger partial charge in [-0.1, -0.05) is 48.0 Å². The van der Waals surface area contributed by atoms with E-state index in [1.807, 2.05) is 36.4 Å². The quantitative estimate of drug-likeness (QED) is 0.605. The molecule has 1 atom stereocenters. The van der Waals surface area contributed by atoms with E-state index in [1.165, 1.54) is 6.42 Å². The minimum Gasteiger partial charge on any atom is -0.342 e. The van der Waals surface area contributed by atoms with E-state index >= 15 is 0 Å². The van der Waals surface area contributed by atoms with Gasteiger partial charge in [-0.15, -0.1) is 0 Å². The molecular weight excluding hydrogens is 424 g/mol. The van der Waals surface area contributed by atoms with Gasteiger partial charge in [0.15, 0.2) is 5.78 Å². The summed E-state index contributed by atoms with van der Waals surface area (Å²) in [5.74, 6) is 0.508. The maximum atomic E-state index is 13.5. The van der Waals surface area contributed by atoms with Crippen LogP contribution in [0.1, 0.15) is 52.2 Å². The molecule has 0 spiro atoms. The van der Waals surface area contributed by atoms with E-state index in [4.69, 9.17) is 16.6 Å². The normalized spacial score (nSPS) is 19.3. The first-order valence-corrected chi connectivity index (χ1v) is 11.3. The molecule has 1 saturated heterocycles. The highest BCUT2D eigenvalue weighted by Gasteiger charge is 2.42. The second kappa shape index (κ2) is 7.35. The highest BCUT2D eigenvalue weighted by molar-refractivity contribution is 6.30. The third-order valence-electron chi connectivity index (χ3n) is 6.58. The monoisotopic (exact) mass is 444 g/mol. The average molecular weight is 445 g/mol. The summed E-state index contributed by atoms with van der Waals surface area (Å²) in [7, 11) is 0. The fraction of sp³-hybridized carbons (Fsp3) is 0.240. The lowest BCUT2D eigenvalue weighted by Gasteiger charge is -2.31. The number of piperidine rings is 1. The van der Waals surface area contributed by atoms with Gasteiger partial charge in [-0.25, -0.2) is 0 Å². The third-order valence-corrected chi connectivity index (χ3v) is 6.83. The van der Waals surface area contributed by atoms with E-state index in [0.29, 0.717) is 33.5 Å². The lowest BCUT2D eigenvalue weighted by atomic mass is 9.82. The molecule has 0 radical (unpaired) electrons. The van der Waals surface area contributed by atoms with Crippen LogP contribution in [0, 0.1) is 0 Å². The Morgan fingerprint density at radius 1 is 0.938 bits per heavy atom. The molecule has 7 heteroatoms. The number of halogens is 1. The van der Waals surface area contributed by atoms with Gasteiger partial charge in [-0.3, -0.25) is 14.6 Å². The number of ketones is 1. The number of hydrogen-bond acceptors (Lipinski definition) is 5. The molecule has 6 rings (SSSR count). The second-order valence-electron chi connectivity index (χ2n) is 8.47. The number of nitrogens with zero attached hydrogens (tertiary/aromatic N) is 2. The first-order valence-electron chi connectivity index (χ1n) is 10.9. The highest BCUT2D eigenvalue weighted by atomic mass is 35.5. The van der Waals surface area contributed by atoms with Gasteiger partial charge in [0.25, 0.3) is 5.56 Å². The second-order valence-corrected chi connectivity index (χ2v) is 8.91. The minimum absolute atomic E-state index is 0.0618. The number of anilines is 2. The van der Waals surface area contributed by atoms with Gasteiger partial charge in [-0.2, -0.15) is 4.98 Å². The standard InChI is InChI=1S/C25H21ClN4O2/c26-15-10-8-14(9-11-15)18-19-21(16-6-2-3-7-17(16)22(19)31)27-23-20(18)24(32)29-25(28-23)30-12-4-1-5-13-30/h2-3,6-11,18H,1,4-5,12-13H2,(H2,27,28,29,32)/t18-/m0/s1. The summed E-state index contributed by atoms with van der Waals surface area (Å²) in [6, 6.07) is 14.9. The number of aromatic amines is 1. The summed E-state index contributed by atoms with van der Waals surface area (Å²) in [6.45, 7) is 1.75. The Kier molecular flexibility index (Phi) is 4.43. The third kappa shape index (κ3) is 2.90. The van der Waals surface area contributed by atoms with Crippen LogP contribution in [-0.4, -0.2) is 28.8 Å². The highest BCUT2D eigenvalue weighted by Crippen LogP contribution is 2.47. The van der Waals surface area contributed by atoms with Crippen molar-refractivity contribution in [1.82, 2.24) is 9.97 Å². The molecule has 1 fully saturated rings. The minimum atomic E-state index is -0.523. The van der Waals surface area contributed by atoms with Crippen molar-refractivity contribution in [2.75, 3.05) is 23.3 Å². The van der Waals surface area contributed by atoms with E-state index in [1.54, 1.807) is 12.1 Å². The summed E-state index contributed by atoms with van der Waals surface area (Å²) in [5, 5.41) is 3.95. The summed E-state index contributed by atoms with van der Waals surface area (Å²) < 4.78 is 0. The molecule has 2 aliphatic heterocycles. The lowest BCUT2D eigenvalue weighted by Crippen LogP contribution is -2.35. The van der Waals surface area contributed by atoms with E-state index in [0.717, 1.165) is 42.8 Å². The summed E-state index contributed by atoms with van der Waals surface area (Å²) >= 11 is 6.12. The van der Waals surface area contributed by atoms with Gasteiger partial charge >= 0.3 is 0 Å². The van der Waals surface area contributed by atoms with Crippen molar-refractivity contribution in [2.45, 2.75) is 25.2 Å². The van der Waals surface area contributed by atoms with Crippen LogP contribution >= 0.6 is 11.6 Å². The Hall–Kier alpha value is -3.38. The molecule has 32 heavy (non-hydrogen) atoms. The number of allylic oxidation sites excluding steroid dienone is 1. The van der Waals surface area contributed by atoms with Crippen molar-refractivity contribution in [3.8, 4) is 0 Å². The van der Waals surface area contributed by atoms with Crippen molar-refractivity contribution in [3.05, 3.63) is 91.7 Å². The van der Waals surface area contributed by atoms with Gasteiger partial charge in [-0.05, 0) is 37.0 Å². The number of benzene rings is 2. The number of aromatic nitrogens is 2. The summed E-state index contributed by atoms with van der Waals surface area (Å²) in [5.41, 5.74) is 3.89. The molecule has 2 N–H and O–H groups in total. The molecule has 1 aromatic heterocycles. The number of carbonyl (C=O) groups is 1. The maximum absolute atomic E-state index is 13.5. The number of H-pyrrole nitrogens is 1.